The molecule has 26 heavy (non-hydrogen) atoms. The number of aliphatic hydroxyl groups excluding tert-OH is 1. The number of rotatable bonds is 6. The standard InChI is InChI=1S/C19H25N5O2/c1-23(18(26)9-20)12-14-4-2-5-15(8-14)16-10-21-19(22-11-16)24-7-3-6-17(24)13-25/h2,4-5,8,10-11,17,25H,3,6-7,9,12-13,20H2,1H3/t17-/m0/s1. The first-order valence-corrected chi connectivity index (χ1v) is 8.85. The smallest absolute Gasteiger partial charge is 0.236 e. The third kappa shape index (κ3) is 4.00. The van der Waals surface area contributed by atoms with Crippen LogP contribution in [0.15, 0.2) is 36.7 Å². The number of nitrogens with two attached hydrogens (primary N) is 1. The van der Waals surface area contributed by atoms with E-state index in [1.54, 1.807) is 11.9 Å². The summed E-state index contributed by atoms with van der Waals surface area (Å²) in [6.45, 7) is 1.52. The number of aliphatic hydroxyl groups is 1. The summed E-state index contributed by atoms with van der Waals surface area (Å²) in [5.41, 5.74) is 8.35. The third-order valence-electron chi connectivity index (χ3n) is 4.76. The van der Waals surface area contributed by atoms with Crippen LogP contribution in [-0.2, 0) is 11.3 Å². The van der Waals surface area contributed by atoms with Crippen LogP contribution in [0, 0.1) is 0 Å². The van der Waals surface area contributed by atoms with Gasteiger partial charge in [-0.1, -0.05) is 18.2 Å². The summed E-state index contributed by atoms with van der Waals surface area (Å²) in [5, 5.41) is 9.46. The van der Waals surface area contributed by atoms with Gasteiger partial charge in [0.2, 0.25) is 11.9 Å². The molecule has 7 nitrogen and oxygen atoms in total. The predicted octanol–water partition coefficient (Wildman–Crippen LogP) is 1.02. The van der Waals surface area contributed by atoms with E-state index in [2.05, 4.69) is 14.9 Å². The first kappa shape index (κ1) is 18.3. The third-order valence-corrected chi connectivity index (χ3v) is 4.76. The lowest BCUT2D eigenvalue weighted by Crippen LogP contribution is -2.33. The van der Waals surface area contributed by atoms with E-state index in [0.717, 1.165) is 36.1 Å². The molecule has 1 amide bonds. The maximum atomic E-state index is 11.6. The van der Waals surface area contributed by atoms with Gasteiger partial charge in [0.05, 0.1) is 19.2 Å². The van der Waals surface area contributed by atoms with E-state index in [1.165, 1.54) is 0 Å². The van der Waals surface area contributed by atoms with Gasteiger partial charge in [0.1, 0.15) is 0 Å². The van der Waals surface area contributed by atoms with Crippen LogP contribution in [0.5, 0.6) is 0 Å². The molecule has 138 valence electrons. The van der Waals surface area contributed by atoms with E-state index in [-0.39, 0.29) is 25.1 Å². The minimum atomic E-state index is -0.0906. The van der Waals surface area contributed by atoms with Crippen LogP contribution in [0.3, 0.4) is 0 Å². The van der Waals surface area contributed by atoms with Crippen molar-refractivity contribution in [2.24, 2.45) is 5.73 Å². The fourth-order valence-corrected chi connectivity index (χ4v) is 3.27. The van der Waals surface area contributed by atoms with Gasteiger partial charge in [-0.15, -0.1) is 0 Å². The lowest BCUT2D eigenvalue weighted by Gasteiger charge is -2.22. The van der Waals surface area contributed by atoms with Crippen molar-refractivity contribution in [3.8, 4) is 11.1 Å². The fraction of sp³-hybridized carbons (Fsp3) is 0.421. The molecule has 1 atom stereocenters. The predicted molar refractivity (Wildman–Crippen MR) is 100 cm³/mol. The van der Waals surface area contributed by atoms with Gasteiger partial charge in [-0.3, -0.25) is 4.79 Å². The lowest BCUT2D eigenvalue weighted by atomic mass is 10.1. The molecule has 7 heteroatoms. The number of carbonyl (C=O) groups is 1. The van der Waals surface area contributed by atoms with E-state index in [1.807, 2.05) is 36.7 Å². The molecule has 2 heterocycles. The molecule has 1 fully saturated rings. The lowest BCUT2D eigenvalue weighted by molar-refractivity contribution is -0.128. The molecule has 2 aromatic rings. The molecule has 0 unspecified atom stereocenters. The summed E-state index contributed by atoms with van der Waals surface area (Å²) in [7, 11) is 1.74. The summed E-state index contributed by atoms with van der Waals surface area (Å²) in [4.78, 5) is 24.3. The molecule has 0 spiro atoms. The minimum absolute atomic E-state index is 0.0107. The monoisotopic (exact) mass is 355 g/mol. The largest absolute Gasteiger partial charge is 0.394 e. The molecule has 1 aromatic carbocycles. The van der Waals surface area contributed by atoms with E-state index < -0.39 is 0 Å². The Hall–Kier alpha value is -2.51. The van der Waals surface area contributed by atoms with Crippen LogP contribution < -0.4 is 10.6 Å². The normalized spacial score (nSPS) is 16.7. The van der Waals surface area contributed by atoms with Crippen molar-refractivity contribution in [3.63, 3.8) is 0 Å². The Morgan fingerprint density at radius 1 is 1.35 bits per heavy atom. The van der Waals surface area contributed by atoms with Crippen molar-refractivity contribution < 1.29 is 9.90 Å². The Kier molecular flexibility index (Phi) is 5.80. The second-order valence-electron chi connectivity index (χ2n) is 6.60. The van der Waals surface area contributed by atoms with Crippen molar-refractivity contribution in [1.82, 2.24) is 14.9 Å². The highest BCUT2D eigenvalue weighted by molar-refractivity contribution is 5.77. The number of hydrogen-bond donors (Lipinski definition) is 2. The molecular weight excluding hydrogens is 330 g/mol. The highest BCUT2D eigenvalue weighted by Crippen LogP contribution is 2.24. The zero-order valence-corrected chi connectivity index (χ0v) is 15.0. The molecule has 0 aliphatic carbocycles. The number of amides is 1. The Morgan fingerprint density at radius 2 is 2.12 bits per heavy atom. The minimum Gasteiger partial charge on any atom is -0.394 e. The van der Waals surface area contributed by atoms with Crippen LogP contribution in [0.25, 0.3) is 11.1 Å². The highest BCUT2D eigenvalue weighted by atomic mass is 16.3. The molecule has 0 radical (unpaired) electrons. The summed E-state index contributed by atoms with van der Waals surface area (Å²) >= 11 is 0. The summed E-state index contributed by atoms with van der Waals surface area (Å²) < 4.78 is 0. The average molecular weight is 355 g/mol. The van der Waals surface area contributed by atoms with Gasteiger partial charge in [-0.25, -0.2) is 9.97 Å². The fourth-order valence-electron chi connectivity index (χ4n) is 3.27. The van der Waals surface area contributed by atoms with Gasteiger partial charge in [-0.05, 0) is 30.0 Å². The van der Waals surface area contributed by atoms with Crippen molar-refractivity contribution >= 4 is 11.9 Å². The molecule has 3 N–H and O–H groups in total. The zero-order chi connectivity index (χ0) is 18.5. The number of aromatic nitrogens is 2. The van der Waals surface area contributed by atoms with Gasteiger partial charge in [0.15, 0.2) is 0 Å². The number of benzene rings is 1. The maximum Gasteiger partial charge on any atom is 0.236 e. The van der Waals surface area contributed by atoms with E-state index in [0.29, 0.717) is 12.5 Å². The van der Waals surface area contributed by atoms with Crippen LogP contribution in [0.2, 0.25) is 0 Å². The van der Waals surface area contributed by atoms with E-state index in [4.69, 9.17) is 5.73 Å². The Bertz CT molecular complexity index is 750. The van der Waals surface area contributed by atoms with E-state index in [9.17, 15) is 9.90 Å². The molecule has 1 saturated heterocycles. The molecular formula is C19H25N5O2. The number of hydrogen-bond acceptors (Lipinski definition) is 6. The van der Waals surface area contributed by atoms with Crippen molar-refractivity contribution in [3.05, 3.63) is 42.2 Å². The van der Waals surface area contributed by atoms with Gasteiger partial charge < -0.3 is 20.6 Å². The second kappa shape index (κ2) is 8.25. The average Bonchev–Trinajstić information content (AvgIpc) is 3.16. The number of likely N-dealkylation sites (N-methyl/N-ethyl adjacent to an activating group) is 1. The molecule has 1 aromatic heterocycles. The van der Waals surface area contributed by atoms with Gasteiger partial charge >= 0.3 is 0 Å². The number of carbonyl (C=O) groups excluding carboxylic acids is 1. The van der Waals surface area contributed by atoms with Crippen molar-refractivity contribution in [2.75, 3.05) is 31.6 Å². The summed E-state index contributed by atoms with van der Waals surface area (Å²) in [6, 6.07) is 8.08. The molecule has 3 rings (SSSR count). The number of anilines is 1. The molecule has 0 bridgehead atoms. The second-order valence-corrected chi connectivity index (χ2v) is 6.60. The first-order valence-electron chi connectivity index (χ1n) is 8.85. The summed E-state index contributed by atoms with van der Waals surface area (Å²) in [5.74, 6) is 0.571. The van der Waals surface area contributed by atoms with Crippen LogP contribution in [-0.4, -0.2) is 58.7 Å². The van der Waals surface area contributed by atoms with Gasteiger partial charge in [-0.2, -0.15) is 0 Å². The molecule has 1 aliphatic heterocycles. The maximum absolute atomic E-state index is 11.6. The summed E-state index contributed by atoms with van der Waals surface area (Å²) in [6.07, 6.45) is 5.64. The zero-order valence-electron chi connectivity index (χ0n) is 15.0. The van der Waals surface area contributed by atoms with Gasteiger partial charge in [0, 0.05) is 38.1 Å². The van der Waals surface area contributed by atoms with Crippen molar-refractivity contribution in [1.29, 1.82) is 0 Å². The van der Waals surface area contributed by atoms with Crippen LogP contribution in [0.4, 0.5) is 5.95 Å². The first-order chi connectivity index (χ1) is 12.6. The Labute approximate surface area is 153 Å². The van der Waals surface area contributed by atoms with Gasteiger partial charge in [0.25, 0.3) is 0 Å². The molecule has 0 saturated carbocycles. The highest BCUT2D eigenvalue weighted by Gasteiger charge is 2.25. The van der Waals surface area contributed by atoms with Crippen LogP contribution >= 0.6 is 0 Å². The SMILES string of the molecule is CN(Cc1cccc(-c2cnc(N3CCC[C@H]3CO)nc2)c1)C(=O)CN. The van der Waals surface area contributed by atoms with E-state index >= 15 is 0 Å². The number of nitrogens with zero attached hydrogens (tertiary/aromatic N) is 4. The molecule has 1 aliphatic rings. The Balaban J connectivity index is 1.75. The Morgan fingerprint density at radius 3 is 2.81 bits per heavy atom. The topological polar surface area (TPSA) is 95.6 Å². The van der Waals surface area contributed by atoms with Crippen molar-refractivity contribution in [2.45, 2.75) is 25.4 Å². The van der Waals surface area contributed by atoms with Crippen LogP contribution in [0.1, 0.15) is 18.4 Å². The quantitative estimate of drug-likeness (QED) is 0.803.